The third-order valence-electron chi connectivity index (χ3n) is 3.93. The Morgan fingerprint density at radius 2 is 2.00 bits per heavy atom. The van der Waals surface area contributed by atoms with Crippen molar-refractivity contribution in [3.63, 3.8) is 0 Å². The first kappa shape index (κ1) is 21.2. The number of nitrogens with one attached hydrogen (secondary N) is 2. The SMILES string of the molecule is O=C(NCC(O)COc1cccc(F)c1)Nc1ccc(OC(F)F)c2ncccc12. The molecule has 3 aromatic rings. The Labute approximate surface area is 169 Å². The van der Waals surface area contributed by atoms with E-state index in [1.165, 1.54) is 42.6 Å². The molecule has 0 saturated heterocycles. The maximum atomic E-state index is 13.1. The number of alkyl halides is 2. The maximum absolute atomic E-state index is 13.1. The number of pyridine rings is 1. The summed E-state index contributed by atoms with van der Waals surface area (Å²) in [5.41, 5.74) is 0.488. The predicted octanol–water partition coefficient (Wildman–Crippen LogP) is 3.54. The van der Waals surface area contributed by atoms with Crippen molar-refractivity contribution in [3.05, 3.63) is 60.5 Å². The lowest BCUT2D eigenvalue weighted by Gasteiger charge is -2.15. The monoisotopic (exact) mass is 421 g/mol. The van der Waals surface area contributed by atoms with Crippen molar-refractivity contribution in [2.75, 3.05) is 18.5 Å². The lowest BCUT2D eigenvalue weighted by molar-refractivity contribution is -0.0489. The molecule has 30 heavy (non-hydrogen) atoms. The summed E-state index contributed by atoms with van der Waals surface area (Å²) in [6.07, 6.45) is 0.374. The number of anilines is 1. The molecule has 10 heteroatoms. The summed E-state index contributed by atoms with van der Waals surface area (Å²) >= 11 is 0. The summed E-state index contributed by atoms with van der Waals surface area (Å²) < 4.78 is 47.9. The van der Waals surface area contributed by atoms with E-state index in [4.69, 9.17) is 4.74 Å². The lowest BCUT2D eigenvalue weighted by Crippen LogP contribution is -2.37. The second-order valence-corrected chi connectivity index (χ2v) is 6.15. The predicted molar refractivity (Wildman–Crippen MR) is 103 cm³/mol. The molecule has 7 nitrogen and oxygen atoms in total. The van der Waals surface area contributed by atoms with Gasteiger partial charge in [0.2, 0.25) is 0 Å². The Bertz CT molecular complexity index is 1020. The highest BCUT2D eigenvalue weighted by Crippen LogP contribution is 2.30. The molecule has 3 rings (SSSR count). The highest BCUT2D eigenvalue weighted by atomic mass is 19.3. The van der Waals surface area contributed by atoms with Crippen molar-refractivity contribution >= 4 is 22.6 Å². The molecule has 0 aliphatic rings. The van der Waals surface area contributed by atoms with E-state index in [0.717, 1.165) is 0 Å². The van der Waals surface area contributed by atoms with Crippen LogP contribution in [0.15, 0.2) is 54.7 Å². The number of hydrogen-bond acceptors (Lipinski definition) is 5. The minimum absolute atomic E-state index is 0.114. The molecule has 0 aliphatic carbocycles. The molecule has 0 aliphatic heterocycles. The minimum atomic E-state index is -3.01. The quantitative estimate of drug-likeness (QED) is 0.518. The maximum Gasteiger partial charge on any atom is 0.387 e. The number of carbonyl (C=O) groups excluding carboxylic acids is 1. The normalized spacial score (nSPS) is 11.9. The van der Waals surface area contributed by atoms with Crippen molar-refractivity contribution in [3.8, 4) is 11.5 Å². The average molecular weight is 421 g/mol. The van der Waals surface area contributed by atoms with E-state index in [9.17, 15) is 23.1 Å². The van der Waals surface area contributed by atoms with Crippen LogP contribution in [-0.4, -0.2) is 42.0 Å². The smallest absolute Gasteiger partial charge is 0.387 e. The number of halogens is 3. The molecule has 0 bridgehead atoms. The molecule has 3 N–H and O–H groups in total. The van der Waals surface area contributed by atoms with Gasteiger partial charge in [-0.15, -0.1) is 0 Å². The fourth-order valence-corrected chi connectivity index (χ4v) is 2.63. The Morgan fingerprint density at radius 1 is 1.17 bits per heavy atom. The van der Waals surface area contributed by atoms with Gasteiger partial charge in [-0.2, -0.15) is 8.78 Å². The molecule has 1 unspecified atom stereocenters. The van der Waals surface area contributed by atoms with Gasteiger partial charge in [0, 0.05) is 24.2 Å². The van der Waals surface area contributed by atoms with Crippen molar-refractivity contribution in [2.45, 2.75) is 12.7 Å². The number of aromatic nitrogens is 1. The van der Waals surface area contributed by atoms with Crippen LogP contribution < -0.4 is 20.1 Å². The van der Waals surface area contributed by atoms with E-state index in [2.05, 4.69) is 20.4 Å². The van der Waals surface area contributed by atoms with Crippen LogP contribution in [0, 0.1) is 5.82 Å². The Kier molecular flexibility index (Phi) is 6.91. The summed E-state index contributed by atoms with van der Waals surface area (Å²) in [5.74, 6) is -0.328. The van der Waals surface area contributed by atoms with Crippen molar-refractivity contribution in [1.29, 1.82) is 0 Å². The second-order valence-electron chi connectivity index (χ2n) is 6.15. The molecular weight excluding hydrogens is 403 g/mol. The van der Waals surface area contributed by atoms with Crippen molar-refractivity contribution in [1.82, 2.24) is 10.3 Å². The van der Waals surface area contributed by atoms with Crippen molar-refractivity contribution < 1.29 is 32.5 Å². The number of carbonyl (C=O) groups is 1. The first-order valence-electron chi connectivity index (χ1n) is 8.86. The summed E-state index contributed by atoms with van der Waals surface area (Å²) in [6, 6.07) is 10.7. The summed E-state index contributed by atoms with van der Waals surface area (Å²) in [7, 11) is 0. The molecule has 0 saturated carbocycles. The number of aliphatic hydroxyl groups excluding tert-OH is 1. The van der Waals surface area contributed by atoms with E-state index in [1.54, 1.807) is 12.1 Å². The van der Waals surface area contributed by atoms with Crippen LogP contribution in [0.2, 0.25) is 0 Å². The molecule has 0 fully saturated rings. The Balaban J connectivity index is 1.56. The van der Waals surface area contributed by atoms with Crippen LogP contribution in [0.4, 0.5) is 23.7 Å². The summed E-state index contributed by atoms with van der Waals surface area (Å²) in [5, 5.41) is 15.4. The number of urea groups is 1. The molecule has 1 atom stereocenters. The van der Waals surface area contributed by atoms with E-state index in [1.807, 2.05) is 0 Å². The van der Waals surface area contributed by atoms with Gasteiger partial charge in [-0.1, -0.05) is 6.07 Å². The fourth-order valence-electron chi connectivity index (χ4n) is 2.63. The zero-order valence-electron chi connectivity index (χ0n) is 15.5. The molecule has 1 aromatic heterocycles. The van der Waals surface area contributed by atoms with E-state index >= 15 is 0 Å². The van der Waals surface area contributed by atoms with Gasteiger partial charge in [0.05, 0.1) is 5.69 Å². The third kappa shape index (κ3) is 5.74. The highest BCUT2D eigenvalue weighted by Gasteiger charge is 2.14. The summed E-state index contributed by atoms with van der Waals surface area (Å²) in [4.78, 5) is 16.2. The Morgan fingerprint density at radius 3 is 2.77 bits per heavy atom. The van der Waals surface area contributed by atoms with Crippen LogP contribution in [-0.2, 0) is 0 Å². The minimum Gasteiger partial charge on any atom is -0.491 e. The van der Waals surface area contributed by atoms with E-state index in [-0.39, 0.29) is 30.2 Å². The van der Waals surface area contributed by atoms with Gasteiger partial charge >= 0.3 is 12.6 Å². The van der Waals surface area contributed by atoms with Crippen LogP contribution in [0.1, 0.15) is 0 Å². The zero-order valence-corrected chi connectivity index (χ0v) is 15.5. The van der Waals surface area contributed by atoms with E-state index in [0.29, 0.717) is 11.1 Å². The van der Waals surface area contributed by atoms with Gasteiger partial charge in [0.25, 0.3) is 0 Å². The number of aliphatic hydroxyl groups is 1. The molecule has 0 spiro atoms. The largest absolute Gasteiger partial charge is 0.491 e. The van der Waals surface area contributed by atoms with Gasteiger partial charge in [-0.05, 0) is 36.4 Å². The average Bonchev–Trinajstić information content (AvgIpc) is 2.72. The number of ether oxygens (including phenoxy) is 2. The van der Waals surface area contributed by atoms with Crippen LogP contribution in [0.25, 0.3) is 10.9 Å². The van der Waals surface area contributed by atoms with E-state index < -0.39 is 24.6 Å². The molecule has 158 valence electrons. The number of hydrogen-bond donors (Lipinski definition) is 3. The van der Waals surface area contributed by atoms with Crippen LogP contribution in [0.5, 0.6) is 11.5 Å². The summed E-state index contributed by atoms with van der Waals surface area (Å²) in [6.45, 7) is -3.30. The first-order chi connectivity index (χ1) is 14.4. The zero-order chi connectivity index (χ0) is 21.5. The molecule has 1 heterocycles. The van der Waals surface area contributed by atoms with Crippen LogP contribution >= 0.6 is 0 Å². The second kappa shape index (κ2) is 9.79. The molecule has 2 amide bonds. The van der Waals surface area contributed by atoms with Gasteiger partial charge in [0.15, 0.2) is 5.75 Å². The fraction of sp³-hybridized carbons (Fsp3) is 0.200. The third-order valence-corrected chi connectivity index (χ3v) is 3.93. The number of rotatable bonds is 8. The number of nitrogens with zero attached hydrogens (tertiary/aromatic N) is 1. The van der Waals surface area contributed by atoms with Gasteiger partial charge in [-0.25, -0.2) is 9.18 Å². The molecule has 2 aromatic carbocycles. The molecule has 0 radical (unpaired) electrons. The standard InChI is InChI=1S/C20H18F3N3O4/c21-12-3-1-4-14(9-12)29-11-13(27)10-25-20(28)26-16-6-7-17(30-19(22)23)18-15(16)5-2-8-24-18/h1-9,13,19,27H,10-11H2,(H2,25,26,28). The molecular formula is C20H18F3N3O4. The number of fused-ring (bicyclic) bond motifs is 1. The van der Waals surface area contributed by atoms with Gasteiger partial charge in [-0.3, -0.25) is 4.98 Å². The van der Waals surface area contributed by atoms with Gasteiger partial charge < -0.3 is 25.2 Å². The van der Waals surface area contributed by atoms with Crippen molar-refractivity contribution in [2.24, 2.45) is 0 Å². The lowest BCUT2D eigenvalue weighted by atomic mass is 10.1. The first-order valence-corrected chi connectivity index (χ1v) is 8.86. The number of amides is 2. The highest BCUT2D eigenvalue weighted by molar-refractivity contribution is 6.02. The van der Waals surface area contributed by atoms with Crippen LogP contribution in [0.3, 0.4) is 0 Å². The number of benzene rings is 2. The van der Waals surface area contributed by atoms with Gasteiger partial charge in [0.1, 0.15) is 29.8 Å². The topological polar surface area (TPSA) is 92.7 Å². The Hall–Kier alpha value is -3.53.